The molecule has 0 aromatic heterocycles. The highest BCUT2D eigenvalue weighted by Crippen LogP contribution is 2.09. The number of carbonyl (C=O) groups is 2. The molecule has 1 rings (SSSR count). The summed E-state index contributed by atoms with van der Waals surface area (Å²) in [5.74, 6) is -0.480. The topological polar surface area (TPSA) is 84.2 Å². The third-order valence-corrected chi connectivity index (χ3v) is 3.30. The number of carbonyl (C=O) groups excluding carboxylic acids is 2. The van der Waals surface area contributed by atoms with Gasteiger partial charge in [0.1, 0.15) is 0 Å². The van der Waals surface area contributed by atoms with Crippen LogP contribution in [0.1, 0.15) is 56.3 Å². The maximum absolute atomic E-state index is 11.8. The molecule has 1 atom stereocenters. The molecule has 0 saturated heterocycles. The molecule has 0 aliphatic rings. The molecule has 3 amide bonds. The molecule has 21 heavy (non-hydrogen) atoms. The highest BCUT2D eigenvalue weighted by atomic mass is 16.2. The molecular weight excluding hydrogens is 266 g/mol. The lowest BCUT2D eigenvalue weighted by Crippen LogP contribution is -2.36. The SMILES string of the molecule is CCCCCC[C@H](C)NC(=O)Nc1ccc(C(N)=O)cc1. The van der Waals surface area contributed by atoms with Crippen molar-refractivity contribution < 1.29 is 9.59 Å². The second kappa shape index (κ2) is 9.00. The number of urea groups is 1. The zero-order valence-electron chi connectivity index (χ0n) is 12.8. The second-order valence-corrected chi connectivity index (χ2v) is 5.29. The zero-order chi connectivity index (χ0) is 15.7. The van der Waals surface area contributed by atoms with Gasteiger partial charge >= 0.3 is 6.03 Å². The maximum atomic E-state index is 11.8. The molecule has 116 valence electrons. The van der Waals surface area contributed by atoms with Crippen LogP contribution in [-0.2, 0) is 0 Å². The Morgan fingerprint density at radius 3 is 2.38 bits per heavy atom. The van der Waals surface area contributed by atoms with E-state index in [-0.39, 0.29) is 12.1 Å². The first-order valence-electron chi connectivity index (χ1n) is 7.50. The van der Waals surface area contributed by atoms with Gasteiger partial charge in [0.15, 0.2) is 0 Å². The Bertz CT molecular complexity index is 457. The lowest BCUT2D eigenvalue weighted by Gasteiger charge is -2.14. The van der Waals surface area contributed by atoms with Gasteiger partial charge in [-0.2, -0.15) is 0 Å². The van der Waals surface area contributed by atoms with E-state index in [1.165, 1.54) is 19.3 Å². The van der Waals surface area contributed by atoms with Crippen LogP contribution >= 0.6 is 0 Å². The molecule has 0 radical (unpaired) electrons. The van der Waals surface area contributed by atoms with Crippen molar-refractivity contribution >= 4 is 17.6 Å². The summed E-state index contributed by atoms with van der Waals surface area (Å²) in [4.78, 5) is 22.8. The fourth-order valence-corrected chi connectivity index (χ4v) is 2.06. The minimum atomic E-state index is -0.480. The standard InChI is InChI=1S/C16H25N3O2/c1-3-4-5-6-7-12(2)18-16(21)19-14-10-8-13(9-11-14)15(17)20/h8-12H,3-7H2,1-2H3,(H2,17,20)(H2,18,19,21)/t12-/m0/s1. The summed E-state index contributed by atoms with van der Waals surface area (Å²) >= 11 is 0. The van der Waals surface area contributed by atoms with Crippen molar-refractivity contribution in [2.45, 2.75) is 52.0 Å². The van der Waals surface area contributed by atoms with Gasteiger partial charge in [-0.25, -0.2) is 4.79 Å². The van der Waals surface area contributed by atoms with Crippen LogP contribution in [0.2, 0.25) is 0 Å². The number of unbranched alkanes of at least 4 members (excludes halogenated alkanes) is 3. The molecule has 5 heteroatoms. The van der Waals surface area contributed by atoms with Gasteiger partial charge in [0, 0.05) is 17.3 Å². The Hall–Kier alpha value is -2.04. The van der Waals surface area contributed by atoms with Crippen molar-refractivity contribution in [1.29, 1.82) is 0 Å². The molecule has 0 bridgehead atoms. The van der Waals surface area contributed by atoms with Gasteiger partial charge in [-0.3, -0.25) is 4.79 Å². The number of rotatable bonds is 8. The summed E-state index contributed by atoms with van der Waals surface area (Å²) in [6, 6.07) is 6.41. The summed E-state index contributed by atoms with van der Waals surface area (Å²) < 4.78 is 0. The van der Waals surface area contributed by atoms with Crippen LogP contribution in [0.25, 0.3) is 0 Å². The monoisotopic (exact) mass is 291 g/mol. The van der Waals surface area contributed by atoms with Crippen molar-refractivity contribution in [1.82, 2.24) is 5.32 Å². The smallest absolute Gasteiger partial charge is 0.319 e. The quantitative estimate of drug-likeness (QED) is 0.642. The Morgan fingerprint density at radius 2 is 1.81 bits per heavy atom. The number of hydrogen-bond acceptors (Lipinski definition) is 2. The average molecular weight is 291 g/mol. The van der Waals surface area contributed by atoms with E-state index in [4.69, 9.17) is 5.73 Å². The number of hydrogen-bond donors (Lipinski definition) is 3. The number of amides is 3. The Balaban J connectivity index is 2.34. The fraction of sp³-hybridized carbons (Fsp3) is 0.500. The average Bonchev–Trinajstić information content (AvgIpc) is 2.44. The van der Waals surface area contributed by atoms with Gasteiger partial charge in [0.2, 0.25) is 5.91 Å². The molecule has 1 aromatic rings. The van der Waals surface area contributed by atoms with Gasteiger partial charge in [-0.15, -0.1) is 0 Å². The summed E-state index contributed by atoms with van der Waals surface area (Å²) in [5.41, 5.74) is 6.22. The molecule has 5 nitrogen and oxygen atoms in total. The molecule has 0 unspecified atom stereocenters. The van der Waals surface area contributed by atoms with Crippen molar-refractivity contribution in [3.63, 3.8) is 0 Å². The first-order chi connectivity index (χ1) is 10.0. The molecule has 4 N–H and O–H groups in total. The zero-order valence-corrected chi connectivity index (χ0v) is 12.8. The highest BCUT2D eigenvalue weighted by Gasteiger charge is 2.07. The van der Waals surface area contributed by atoms with E-state index in [1.54, 1.807) is 24.3 Å². The van der Waals surface area contributed by atoms with Crippen molar-refractivity contribution in [3.05, 3.63) is 29.8 Å². The largest absolute Gasteiger partial charge is 0.366 e. The fourth-order valence-electron chi connectivity index (χ4n) is 2.06. The number of benzene rings is 1. The van der Waals surface area contributed by atoms with Gasteiger partial charge in [0.25, 0.3) is 0 Å². The van der Waals surface area contributed by atoms with Crippen LogP contribution < -0.4 is 16.4 Å². The third kappa shape index (κ3) is 6.79. The predicted octanol–water partition coefficient (Wildman–Crippen LogP) is 3.27. The summed E-state index contributed by atoms with van der Waals surface area (Å²) in [6.07, 6.45) is 5.77. The van der Waals surface area contributed by atoms with E-state index < -0.39 is 5.91 Å². The van der Waals surface area contributed by atoms with E-state index in [9.17, 15) is 9.59 Å². The van der Waals surface area contributed by atoms with Crippen LogP contribution in [-0.4, -0.2) is 18.0 Å². The normalized spacial score (nSPS) is 11.7. The van der Waals surface area contributed by atoms with Crippen molar-refractivity contribution in [2.75, 3.05) is 5.32 Å². The van der Waals surface area contributed by atoms with E-state index in [0.29, 0.717) is 11.3 Å². The van der Waals surface area contributed by atoms with E-state index in [2.05, 4.69) is 17.6 Å². The van der Waals surface area contributed by atoms with Crippen LogP contribution in [0.4, 0.5) is 10.5 Å². The Labute approximate surface area is 126 Å². The number of nitrogens with one attached hydrogen (secondary N) is 2. The van der Waals surface area contributed by atoms with Gasteiger partial charge < -0.3 is 16.4 Å². The van der Waals surface area contributed by atoms with Crippen molar-refractivity contribution in [2.24, 2.45) is 5.73 Å². The molecule has 0 aliphatic carbocycles. The summed E-state index contributed by atoms with van der Waals surface area (Å²) in [7, 11) is 0. The maximum Gasteiger partial charge on any atom is 0.319 e. The minimum Gasteiger partial charge on any atom is -0.366 e. The van der Waals surface area contributed by atoms with Gasteiger partial charge in [0.05, 0.1) is 0 Å². The molecule has 0 aliphatic heterocycles. The molecule has 1 aromatic carbocycles. The number of nitrogens with two attached hydrogens (primary N) is 1. The third-order valence-electron chi connectivity index (χ3n) is 3.30. The van der Waals surface area contributed by atoms with E-state index >= 15 is 0 Å². The highest BCUT2D eigenvalue weighted by molar-refractivity contribution is 5.94. The second-order valence-electron chi connectivity index (χ2n) is 5.29. The number of primary amides is 1. The van der Waals surface area contributed by atoms with Gasteiger partial charge in [-0.05, 0) is 37.6 Å². The van der Waals surface area contributed by atoms with E-state index in [0.717, 1.165) is 12.8 Å². The Morgan fingerprint density at radius 1 is 1.14 bits per heavy atom. The predicted molar refractivity (Wildman–Crippen MR) is 85.3 cm³/mol. The van der Waals surface area contributed by atoms with E-state index in [1.807, 2.05) is 6.92 Å². The summed E-state index contributed by atoms with van der Waals surface area (Å²) in [6.45, 7) is 4.18. The van der Waals surface area contributed by atoms with Gasteiger partial charge in [-0.1, -0.05) is 32.6 Å². The molecule has 0 fully saturated rings. The lowest BCUT2D eigenvalue weighted by atomic mass is 10.1. The first kappa shape index (κ1) is 17.0. The number of anilines is 1. The summed E-state index contributed by atoms with van der Waals surface area (Å²) in [5, 5.41) is 5.64. The molecule has 0 heterocycles. The molecule has 0 saturated carbocycles. The van der Waals surface area contributed by atoms with Crippen molar-refractivity contribution in [3.8, 4) is 0 Å². The van der Waals surface area contributed by atoms with Crippen LogP contribution in [0.5, 0.6) is 0 Å². The first-order valence-corrected chi connectivity index (χ1v) is 7.50. The van der Waals surface area contributed by atoms with Crippen LogP contribution in [0.3, 0.4) is 0 Å². The molecular formula is C16H25N3O2. The lowest BCUT2D eigenvalue weighted by molar-refractivity contribution is 0.100. The van der Waals surface area contributed by atoms with Crippen LogP contribution in [0, 0.1) is 0 Å². The minimum absolute atomic E-state index is 0.145. The van der Waals surface area contributed by atoms with Crippen LogP contribution in [0.15, 0.2) is 24.3 Å². The Kier molecular flexibility index (Phi) is 7.29. The molecule has 0 spiro atoms.